The maximum atomic E-state index is 4.69. The van der Waals surface area contributed by atoms with Gasteiger partial charge in [-0.1, -0.05) is 45.4 Å². The molecule has 0 fully saturated rings. The highest BCUT2D eigenvalue weighted by Gasteiger charge is 2.14. The van der Waals surface area contributed by atoms with Crippen LogP contribution in [0, 0.1) is 0 Å². The SMILES string of the molecule is CCCC(CNc1ccc2ccccc2n1)N(CC)CC. The van der Waals surface area contributed by atoms with Crippen LogP contribution in [0.5, 0.6) is 0 Å². The number of nitrogens with zero attached hydrogens (tertiary/aromatic N) is 2. The maximum Gasteiger partial charge on any atom is 0.126 e. The summed E-state index contributed by atoms with van der Waals surface area (Å²) in [4.78, 5) is 7.21. The molecule has 1 atom stereocenters. The number of likely N-dealkylation sites (N-methyl/N-ethyl adjacent to an activating group) is 1. The van der Waals surface area contributed by atoms with Crippen LogP contribution in [0.15, 0.2) is 36.4 Å². The summed E-state index contributed by atoms with van der Waals surface area (Å²) in [5.41, 5.74) is 1.05. The fourth-order valence-corrected chi connectivity index (χ4v) is 2.87. The van der Waals surface area contributed by atoms with Crippen LogP contribution in [0.1, 0.15) is 33.6 Å². The Kier molecular flexibility index (Phi) is 6.00. The summed E-state index contributed by atoms with van der Waals surface area (Å²) < 4.78 is 0. The van der Waals surface area contributed by atoms with E-state index in [9.17, 15) is 0 Å². The standard InChI is InChI=1S/C18H27N3/c1-4-9-16(21(5-2)6-3)14-19-18-13-12-15-10-7-8-11-17(15)20-18/h7-8,10-13,16H,4-6,9,14H2,1-3H3,(H,19,20). The molecule has 0 saturated heterocycles. The molecule has 0 aliphatic heterocycles. The first kappa shape index (κ1) is 15.8. The van der Waals surface area contributed by atoms with Gasteiger partial charge in [0.15, 0.2) is 0 Å². The van der Waals surface area contributed by atoms with Crippen LogP contribution in [-0.4, -0.2) is 35.6 Å². The second-order valence-corrected chi connectivity index (χ2v) is 5.43. The molecular weight excluding hydrogens is 258 g/mol. The first-order valence-corrected chi connectivity index (χ1v) is 8.12. The van der Waals surface area contributed by atoms with E-state index in [1.54, 1.807) is 0 Å². The van der Waals surface area contributed by atoms with Crippen molar-refractivity contribution >= 4 is 16.7 Å². The molecule has 1 unspecified atom stereocenters. The van der Waals surface area contributed by atoms with Gasteiger partial charge >= 0.3 is 0 Å². The minimum Gasteiger partial charge on any atom is -0.368 e. The summed E-state index contributed by atoms with van der Waals surface area (Å²) in [6.07, 6.45) is 2.44. The second-order valence-electron chi connectivity index (χ2n) is 5.43. The van der Waals surface area contributed by atoms with Crippen molar-refractivity contribution in [1.82, 2.24) is 9.88 Å². The molecule has 2 rings (SSSR count). The van der Waals surface area contributed by atoms with Crippen LogP contribution >= 0.6 is 0 Å². The van der Waals surface area contributed by atoms with Gasteiger partial charge in [0.25, 0.3) is 0 Å². The van der Waals surface area contributed by atoms with Crippen LogP contribution in [0.25, 0.3) is 10.9 Å². The van der Waals surface area contributed by atoms with Gasteiger partial charge in [-0.3, -0.25) is 4.90 Å². The lowest BCUT2D eigenvalue weighted by Gasteiger charge is -2.29. The molecular formula is C18H27N3. The van der Waals surface area contributed by atoms with Gasteiger partial charge < -0.3 is 5.32 Å². The zero-order valence-corrected chi connectivity index (χ0v) is 13.5. The third kappa shape index (κ3) is 4.18. The van der Waals surface area contributed by atoms with Gasteiger partial charge in [-0.2, -0.15) is 0 Å². The predicted molar refractivity (Wildman–Crippen MR) is 91.8 cm³/mol. The third-order valence-electron chi connectivity index (χ3n) is 4.07. The zero-order valence-electron chi connectivity index (χ0n) is 13.5. The Morgan fingerprint density at radius 3 is 2.52 bits per heavy atom. The van der Waals surface area contributed by atoms with Gasteiger partial charge in [0.2, 0.25) is 0 Å². The molecule has 0 aliphatic rings. The lowest BCUT2D eigenvalue weighted by molar-refractivity contribution is 0.214. The van der Waals surface area contributed by atoms with Crippen LogP contribution in [0.3, 0.4) is 0 Å². The Bertz CT molecular complexity index is 549. The Hall–Kier alpha value is -1.61. The van der Waals surface area contributed by atoms with Crippen LogP contribution in [0.2, 0.25) is 0 Å². The molecule has 0 amide bonds. The Labute approximate surface area is 128 Å². The molecule has 1 aromatic heterocycles. The molecule has 0 bridgehead atoms. The lowest BCUT2D eigenvalue weighted by atomic mass is 10.1. The number of anilines is 1. The number of hydrogen-bond donors (Lipinski definition) is 1. The average Bonchev–Trinajstić information content (AvgIpc) is 2.53. The highest BCUT2D eigenvalue weighted by atomic mass is 15.2. The summed E-state index contributed by atoms with van der Waals surface area (Å²) in [7, 11) is 0. The molecule has 114 valence electrons. The molecule has 2 aromatic rings. The molecule has 0 saturated carbocycles. The fourth-order valence-electron chi connectivity index (χ4n) is 2.87. The highest BCUT2D eigenvalue weighted by Crippen LogP contribution is 2.15. The van der Waals surface area contributed by atoms with Gasteiger partial charge in [0, 0.05) is 18.0 Å². The van der Waals surface area contributed by atoms with E-state index in [1.165, 1.54) is 18.2 Å². The summed E-state index contributed by atoms with van der Waals surface area (Å²) in [6, 6.07) is 13.0. The number of hydrogen-bond acceptors (Lipinski definition) is 3. The summed E-state index contributed by atoms with van der Waals surface area (Å²) in [5.74, 6) is 0.974. The Morgan fingerprint density at radius 1 is 1.05 bits per heavy atom. The molecule has 0 spiro atoms. The van der Waals surface area contributed by atoms with Crippen LogP contribution in [-0.2, 0) is 0 Å². The van der Waals surface area contributed by atoms with E-state index >= 15 is 0 Å². The summed E-state index contributed by atoms with van der Waals surface area (Å²) in [6.45, 7) is 9.90. The lowest BCUT2D eigenvalue weighted by Crippen LogP contribution is -2.39. The molecule has 1 aromatic carbocycles. The molecule has 3 heteroatoms. The van der Waals surface area contributed by atoms with Crippen molar-refractivity contribution in [2.24, 2.45) is 0 Å². The zero-order chi connectivity index (χ0) is 15.1. The molecule has 1 N–H and O–H groups in total. The van der Waals surface area contributed by atoms with Gasteiger partial charge in [0.05, 0.1) is 5.52 Å². The van der Waals surface area contributed by atoms with E-state index in [2.05, 4.69) is 66.3 Å². The van der Waals surface area contributed by atoms with Crippen molar-refractivity contribution in [3.8, 4) is 0 Å². The largest absolute Gasteiger partial charge is 0.368 e. The van der Waals surface area contributed by atoms with E-state index < -0.39 is 0 Å². The van der Waals surface area contributed by atoms with Crippen LogP contribution < -0.4 is 5.32 Å². The minimum atomic E-state index is 0.582. The number of nitrogens with one attached hydrogen (secondary N) is 1. The third-order valence-corrected chi connectivity index (χ3v) is 4.07. The van der Waals surface area contributed by atoms with E-state index in [0.717, 1.165) is 31.0 Å². The van der Waals surface area contributed by atoms with Crippen molar-refractivity contribution in [3.63, 3.8) is 0 Å². The summed E-state index contributed by atoms with van der Waals surface area (Å²) >= 11 is 0. The van der Waals surface area contributed by atoms with E-state index in [1.807, 2.05) is 6.07 Å². The van der Waals surface area contributed by atoms with E-state index in [0.29, 0.717) is 6.04 Å². The number of pyridine rings is 1. The first-order valence-electron chi connectivity index (χ1n) is 8.12. The van der Waals surface area contributed by atoms with E-state index in [-0.39, 0.29) is 0 Å². The topological polar surface area (TPSA) is 28.2 Å². The summed E-state index contributed by atoms with van der Waals surface area (Å²) in [5, 5.41) is 4.71. The fraction of sp³-hybridized carbons (Fsp3) is 0.500. The number of benzene rings is 1. The van der Waals surface area contributed by atoms with Crippen molar-refractivity contribution in [2.75, 3.05) is 25.0 Å². The van der Waals surface area contributed by atoms with Crippen molar-refractivity contribution in [2.45, 2.75) is 39.7 Å². The van der Waals surface area contributed by atoms with Gasteiger partial charge in [0.1, 0.15) is 5.82 Å². The minimum absolute atomic E-state index is 0.582. The second kappa shape index (κ2) is 7.99. The first-order chi connectivity index (χ1) is 10.3. The van der Waals surface area contributed by atoms with Crippen molar-refractivity contribution in [3.05, 3.63) is 36.4 Å². The van der Waals surface area contributed by atoms with Gasteiger partial charge in [-0.05, 0) is 37.7 Å². The van der Waals surface area contributed by atoms with Crippen molar-refractivity contribution in [1.29, 1.82) is 0 Å². The Balaban J connectivity index is 2.04. The molecule has 21 heavy (non-hydrogen) atoms. The Morgan fingerprint density at radius 2 is 1.81 bits per heavy atom. The number of aromatic nitrogens is 1. The van der Waals surface area contributed by atoms with Crippen molar-refractivity contribution < 1.29 is 0 Å². The number of rotatable bonds is 8. The normalized spacial score (nSPS) is 12.8. The monoisotopic (exact) mass is 285 g/mol. The molecule has 1 heterocycles. The predicted octanol–water partition coefficient (Wildman–Crippen LogP) is 4.16. The average molecular weight is 285 g/mol. The number of fused-ring (bicyclic) bond motifs is 1. The number of para-hydroxylation sites is 1. The van der Waals surface area contributed by atoms with Gasteiger partial charge in [-0.25, -0.2) is 4.98 Å². The molecule has 0 radical (unpaired) electrons. The van der Waals surface area contributed by atoms with Gasteiger partial charge in [-0.15, -0.1) is 0 Å². The molecule has 3 nitrogen and oxygen atoms in total. The van der Waals surface area contributed by atoms with E-state index in [4.69, 9.17) is 0 Å². The highest BCUT2D eigenvalue weighted by molar-refractivity contribution is 5.80. The smallest absolute Gasteiger partial charge is 0.126 e. The molecule has 0 aliphatic carbocycles. The maximum absolute atomic E-state index is 4.69. The quantitative estimate of drug-likeness (QED) is 0.789. The van der Waals surface area contributed by atoms with Crippen LogP contribution in [0.4, 0.5) is 5.82 Å².